The molecule has 146 valence electrons. The number of hydrogen-bond donors (Lipinski definition) is 0. The van der Waals surface area contributed by atoms with Crippen molar-refractivity contribution in [2.24, 2.45) is 5.92 Å². The van der Waals surface area contributed by atoms with Crippen molar-refractivity contribution in [1.82, 2.24) is 19.7 Å². The SMILES string of the molecule is CC[C@H]1O[C@@H](n2cnc3c(Cl)nncc32)[C@](C)(OC(=O)c2ccccc2)[C@@H]1C. The van der Waals surface area contributed by atoms with Gasteiger partial charge in [0.2, 0.25) is 0 Å². The summed E-state index contributed by atoms with van der Waals surface area (Å²) in [6.07, 6.45) is 3.38. The van der Waals surface area contributed by atoms with E-state index in [0.29, 0.717) is 16.6 Å². The van der Waals surface area contributed by atoms with E-state index in [1.54, 1.807) is 24.7 Å². The first-order valence-corrected chi connectivity index (χ1v) is 9.61. The van der Waals surface area contributed by atoms with Crippen molar-refractivity contribution in [2.75, 3.05) is 0 Å². The van der Waals surface area contributed by atoms with Gasteiger partial charge in [0.1, 0.15) is 5.52 Å². The molecular weight excluding hydrogens is 380 g/mol. The number of carbonyl (C=O) groups excluding carboxylic acids is 1. The van der Waals surface area contributed by atoms with Crippen LogP contribution in [0.5, 0.6) is 0 Å². The van der Waals surface area contributed by atoms with E-state index in [0.717, 1.165) is 6.42 Å². The summed E-state index contributed by atoms with van der Waals surface area (Å²) in [6, 6.07) is 8.95. The summed E-state index contributed by atoms with van der Waals surface area (Å²) in [6.45, 7) is 6.00. The topological polar surface area (TPSA) is 79.1 Å². The van der Waals surface area contributed by atoms with Gasteiger partial charge in [-0.2, -0.15) is 5.10 Å². The van der Waals surface area contributed by atoms with Crippen LogP contribution in [-0.4, -0.2) is 37.4 Å². The molecule has 4 rings (SSSR count). The number of fused-ring (bicyclic) bond motifs is 1. The number of aromatic nitrogens is 4. The number of esters is 1. The van der Waals surface area contributed by atoms with Crippen molar-refractivity contribution in [3.8, 4) is 0 Å². The Morgan fingerprint density at radius 1 is 1.36 bits per heavy atom. The largest absolute Gasteiger partial charge is 0.451 e. The van der Waals surface area contributed by atoms with Crippen LogP contribution in [0, 0.1) is 5.92 Å². The van der Waals surface area contributed by atoms with Crippen LogP contribution in [0.1, 0.15) is 43.8 Å². The minimum absolute atomic E-state index is 0.0297. The van der Waals surface area contributed by atoms with Crippen LogP contribution in [0.4, 0.5) is 0 Å². The van der Waals surface area contributed by atoms with Crippen LogP contribution in [0.25, 0.3) is 11.0 Å². The highest BCUT2D eigenvalue weighted by molar-refractivity contribution is 6.33. The molecule has 1 aromatic carbocycles. The Labute approximate surface area is 167 Å². The van der Waals surface area contributed by atoms with Gasteiger partial charge in [-0.25, -0.2) is 9.78 Å². The first-order valence-electron chi connectivity index (χ1n) is 9.23. The summed E-state index contributed by atoms with van der Waals surface area (Å²) < 4.78 is 14.2. The van der Waals surface area contributed by atoms with Crippen LogP contribution in [0.2, 0.25) is 5.15 Å². The van der Waals surface area contributed by atoms with Crippen LogP contribution < -0.4 is 0 Å². The zero-order valence-corrected chi connectivity index (χ0v) is 16.6. The van der Waals surface area contributed by atoms with Gasteiger partial charge in [0.25, 0.3) is 0 Å². The quantitative estimate of drug-likeness (QED) is 0.615. The zero-order chi connectivity index (χ0) is 19.9. The van der Waals surface area contributed by atoms with E-state index in [-0.39, 0.29) is 23.1 Å². The van der Waals surface area contributed by atoms with E-state index in [2.05, 4.69) is 22.1 Å². The van der Waals surface area contributed by atoms with E-state index in [4.69, 9.17) is 21.1 Å². The highest BCUT2D eigenvalue weighted by atomic mass is 35.5. The molecule has 7 nitrogen and oxygen atoms in total. The fourth-order valence-electron chi connectivity index (χ4n) is 3.81. The van der Waals surface area contributed by atoms with Gasteiger partial charge in [0.15, 0.2) is 17.0 Å². The minimum atomic E-state index is -0.906. The molecule has 28 heavy (non-hydrogen) atoms. The van der Waals surface area contributed by atoms with Crippen molar-refractivity contribution < 1.29 is 14.3 Å². The first-order chi connectivity index (χ1) is 13.5. The van der Waals surface area contributed by atoms with E-state index < -0.39 is 11.8 Å². The van der Waals surface area contributed by atoms with Crippen molar-refractivity contribution in [1.29, 1.82) is 0 Å². The number of halogens is 1. The molecule has 0 N–H and O–H groups in total. The third kappa shape index (κ3) is 2.95. The number of ether oxygens (including phenoxy) is 2. The molecule has 1 fully saturated rings. The Morgan fingerprint density at radius 2 is 2.11 bits per heavy atom. The van der Waals surface area contributed by atoms with Gasteiger partial charge in [-0.05, 0) is 25.5 Å². The van der Waals surface area contributed by atoms with Crippen LogP contribution >= 0.6 is 11.6 Å². The molecule has 4 atom stereocenters. The van der Waals surface area contributed by atoms with Crippen molar-refractivity contribution in [2.45, 2.75) is 45.1 Å². The Hall–Kier alpha value is -2.51. The minimum Gasteiger partial charge on any atom is -0.451 e. The first kappa shape index (κ1) is 18.8. The number of rotatable bonds is 4. The molecule has 1 aliphatic rings. The van der Waals surface area contributed by atoms with E-state index in [9.17, 15) is 4.79 Å². The summed E-state index contributed by atoms with van der Waals surface area (Å²) in [5.41, 5.74) is 0.802. The summed E-state index contributed by atoms with van der Waals surface area (Å²) in [5.74, 6) is -0.416. The van der Waals surface area contributed by atoms with Gasteiger partial charge in [0.05, 0.1) is 29.7 Å². The second kappa shape index (κ2) is 7.14. The molecule has 0 spiro atoms. The Balaban J connectivity index is 1.75. The molecule has 0 radical (unpaired) electrons. The lowest BCUT2D eigenvalue weighted by molar-refractivity contribution is -0.0946. The number of hydrogen-bond acceptors (Lipinski definition) is 6. The van der Waals surface area contributed by atoms with E-state index in [1.165, 1.54) is 0 Å². The molecule has 3 aromatic rings. The normalized spacial score (nSPS) is 27.2. The van der Waals surface area contributed by atoms with Crippen LogP contribution in [0.15, 0.2) is 42.9 Å². The smallest absolute Gasteiger partial charge is 0.338 e. The summed E-state index contributed by atoms with van der Waals surface area (Å²) in [7, 11) is 0. The lowest BCUT2D eigenvalue weighted by atomic mass is 9.86. The predicted octanol–water partition coefficient (Wildman–Crippen LogP) is 4.04. The Kier molecular flexibility index (Phi) is 4.81. The Bertz CT molecular complexity index is 1010. The van der Waals surface area contributed by atoms with Crippen LogP contribution in [-0.2, 0) is 9.47 Å². The standard InChI is InChI=1S/C20H21ClN4O3/c1-4-15-12(2)20(3,28-18(26)13-8-6-5-7-9-13)19(27-15)25-11-22-16-14(25)10-23-24-17(16)21/h5-12,15,19H,4H2,1-3H3/t12-,15-,19-,20-/m1/s1. The second-order valence-corrected chi connectivity index (χ2v) is 7.54. The van der Waals surface area contributed by atoms with Gasteiger partial charge in [-0.1, -0.05) is 43.6 Å². The van der Waals surface area contributed by atoms with Gasteiger partial charge in [-0.15, -0.1) is 5.10 Å². The zero-order valence-electron chi connectivity index (χ0n) is 15.9. The monoisotopic (exact) mass is 400 g/mol. The molecule has 1 aliphatic heterocycles. The van der Waals surface area contributed by atoms with E-state index >= 15 is 0 Å². The van der Waals surface area contributed by atoms with Crippen LogP contribution in [0.3, 0.4) is 0 Å². The average Bonchev–Trinajstić information content (AvgIpc) is 3.23. The third-order valence-electron chi connectivity index (χ3n) is 5.59. The number of nitrogens with zero attached hydrogens (tertiary/aromatic N) is 4. The molecule has 0 aliphatic carbocycles. The average molecular weight is 401 g/mol. The number of carbonyl (C=O) groups is 1. The molecule has 0 amide bonds. The molecule has 3 heterocycles. The maximum Gasteiger partial charge on any atom is 0.338 e. The lowest BCUT2D eigenvalue weighted by Gasteiger charge is -2.34. The second-order valence-electron chi connectivity index (χ2n) is 7.18. The molecular formula is C20H21ClN4O3. The maximum atomic E-state index is 12.8. The predicted molar refractivity (Wildman–Crippen MR) is 104 cm³/mol. The third-order valence-corrected chi connectivity index (χ3v) is 5.84. The van der Waals surface area contributed by atoms with Crippen molar-refractivity contribution in [3.63, 3.8) is 0 Å². The lowest BCUT2D eigenvalue weighted by Crippen LogP contribution is -2.42. The number of benzene rings is 1. The van der Waals surface area contributed by atoms with Gasteiger partial charge in [0, 0.05) is 5.92 Å². The summed E-state index contributed by atoms with van der Waals surface area (Å²) >= 11 is 6.12. The number of imidazole rings is 1. The van der Waals surface area contributed by atoms with Gasteiger partial charge < -0.3 is 9.47 Å². The summed E-state index contributed by atoms with van der Waals surface area (Å²) in [5, 5.41) is 7.98. The highest BCUT2D eigenvalue weighted by Crippen LogP contribution is 2.47. The van der Waals surface area contributed by atoms with Gasteiger partial charge >= 0.3 is 5.97 Å². The molecule has 2 aromatic heterocycles. The molecule has 0 saturated carbocycles. The molecule has 0 unspecified atom stereocenters. The molecule has 0 bridgehead atoms. The molecule has 8 heteroatoms. The molecule has 1 saturated heterocycles. The highest BCUT2D eigenvalue weighted by Gasteiger charge is 2.55. The summed E-state index contributed by atoms with van der Waals surface area (Å²) in [4.78, 5) is 17.2. The van der Waals surface area contributed by atoms with E-state index in [1.807, 2.05) is 36.6 Å². The Morgan fingerprint density at radius 3 is 2.82 bits per heavy atom. The maximum absolute atomic E-state index is 12.8. The van der Waals surface area contributed by atoms with Gasteiger partial charge in [-0.3, -0.25) is 4.57 Å². The van der Waals surface area contributed by atoms with Crippen molar-refractivity contribution >= 4 is 28.6 Å². The fourth-order valence-corrected chi connectivity index (χ4v) is 4.00. The fraction of sp³-hybridized carbons (Fsp3) is 0.400. The van der Waals surface area contributed by atoms with Crippen molar-refractivity contribution in [3.05, 3.63) is 53.6 Å².